The summed E-state index contributed by atoms with van der Waals surface area (Å²) < 4.78 is 7.18. The zero-order chi connectivity index (χ0) is 20.2. The summed E-state index contributed by atoms with van der Waals surface area (Å²) in [6.07, 6.45) is 1.51. The smallest absolute Gasteiger partial charge is 0.232 e. The van der Waals surface area contributed by atoms with E-state index in [1.165, 1.54) is 6.20 Å². The Hall–Kier alpha value is -3.41. The van der Waals surface area contributed by atoms with Crippen LogP contribution in [0.3, 0.4) is 0 Å². The molecule has 1 aromatic carbocycles. The van der Waals surface area contributed by atoms with Crippen LogP contribution in [0.25, 0.3) is 17.0 Å². The molecule has 9 heteroatoms. The number of morpholine rings is 1. The minimum atomic E-state index is -0.302. The molecule has 0 bridgehead atoms. The lowest BCUT2D eigenvalue weighted by molar-refractivity contribution is 0.122. The summed E-state index contributed by atoms with van der Waals surface area (Å²) in [4.78, 5) is 6.00. The number of anilines is 1. The van der Waals surface area contributed by atoms with E-state index in [1.54, 1.807) is 16.7 Å². The normalized spacial score (nSPS) is 15.0. The molecule has 0 amide bonds. The summed E-state index contributed by atoms with van der Waals surface area (Å²) in [7, 11) is 0. The molecule has 1 fully saturated rings. The maximum Gasteiger partial charge on any atom is 0.232 e. The number of halogens is 1. The summed E-state index contributed by atoms with van der Waals surface area (Å²) >= 11 is 6.11. The van der Waals surface area contributed by atoms with Gasteiger partial charge in [0.05, 0.1) is 24.5 Å². The minimum absolute atomic E-state index is 0.0456. The molecule has 1 N–H and O–H groups in total. The Morgan fingerprint density at radius 2 is 1.86 bits per heavy atom. The van der Waals surface area contributed by atoms with Gasteiger partial charge in [-0.2, -0.15) is 5.26 Å². The molecule has 0 unspecified atom stereocenters. The molecule has 0 spiro atoms. The third kappa shape index (κ3) is 3.66. The van der Waals surface area contributed by atoms with Gasteiger partial charge in [0, 0.05) is 19.3 Å². The predicted octanol–water partition coefficient (Wildman–Crippen LogP) is 3.10. The van der Waals surface area contributed by atoms with Crippen LogP contribution in [-0.2, 0) is 4.74 Å². The molecule has 1 aliphatic rings. The standard InChI is InChI=1S/C20H17ClN6O2/c21-18-15(7-4-8-23-18)17(28)16(13-22)19-24-25-20(26-9-11-29-12-10-26)27(19)14-5-2-1-3-6-14/h1-8,28H,9-12H2/b17-16-. The first-order valence-electron chi connectivity index (χ1n) is 8.99. The number of rotatable bonds is 4. The van der Waals surface area contributed by atoms with Gasteiger partial charge in [-0.05, 0) is 24.3 Å². The van der Waals surface area contributed by atoms with Crippen molar-refractivity contribution in [1.82, 2.24) is 19.7 Å². The number of nitrogens with zero attached hydrogens (tertiary/aromatic N) is 6. The molecular weight excluding hydrogens is 392 g/mol. The van der Waals surface area contributed by atoms with Crippen molar-refractivity contribution in [3.05, 3.63) is 65.2 Å². The van der Waals surface area contributed by atoms with Gasteiger partial charge in [0.15, 0.2) is 5.82 Å². The van der Waals surface area contributed by atoms with E-state index in [-0.39, 0.29) is 27.9 Å². The van der Waals surface area contributed by atoms with Crippen molar-refractivity contribution >= 4 is 28.9 Å². The van der Waals surface area contributed by atoms with E-state index in [9.17, 15) is 10.4 Å². The van der Waals surface area contributed by atoms with Crippen molar-refractivity contribution in [2.45, 2.75) is 0 Å². The number of aliphatic hydroxyl groups excluding tert-OH is 1. The average Bonchev–Trinajstić information content (AvgIpc) is 3.20. The number of aromatic nitrogens is 4. The first kappa shape index (κ1) is 18.9. The Morgan fingerprint density at radius 1 is 1.10 bits per heavy atom. The van der Waals surface area contributed by atoms with Gasteiger partial charge in [0.25, 0.3) is 0 Å². The van der Waals surface area contributed by atoms with E-state index in [0.717, 1.165) is 5.69 Å². The van der Waals surface area contributed by atoms with Gasteiger partial charge in [-0.3, -0.25) is 4.57 Å². The van der Waals surface area contributed by atoms with Crippen molar-refractivity contribution in [2.24, 2.45) is 0 Å². The number of para-hydroxylation sites is 1. The second-order valence-corrected chi connectivity index (χ2v) is 6.63. The van der Waals surface area contributed by atoms with E-state index in [0.29, 0.717) is 32.3 Å². The van der Waals surface area contributed by atoms with Crippen LogP contribution in [0.1, 0.15) is 11.4 Å². The fraction of sp³-hybridized carbons (Fsp3) is 0.200. The summed E-state index contributed by atoms with van der Waals surface area (Å²) in [6.45, 7) is 2.46. The van der Waals surface area contributed by atoms with Gasteiger partial charge < -0.3 is 14.7 Å². The number of hydrogen-bond donors (Lipinski definition) is 1. The summed E-state index contributed by atoms with van der Waals surface area (Å²) in [5.41, 5.74) is 0.976. The van der Waals surface area contributed by atoms with Crippen LogP contribution in [0.15, 0.2) is 48.7 Å². The van der Waals surface area contributed by atoms with Crippen molar-refractivity contribution in [3.63, 3.8) is 0 Å². The van der Waals surface area contributed by atoms with E-state index in [2.05, 4.69) is 15.2 Å². The Kier molecular flexibility index (Phi) is 5.42. The zero-order valence-corrected chi connectivity index (χ0v) is 16.1. The number of benzene rings is 1. The van der Waals surface area contributed by atoms with Crippen LogP contribution in [0.4, 0.5) is 5.95 Å². The Bertz CT molecular complexity index is 1080. The number of allylic oxidation sites excluding steroid dienone is 1. The molecule has 0 saturated carbocycles. The van der Waals surface area contributed by atoms with Gasteiger partial charge in [0.2, 0.25) is 5.95 Å². The molecule has 1 aliphatic heterocycles. The first-order valence-corrected chi connectivity index (χ1v) is 9.36. The maximum atomic E-state index is 10.8. The molecule has 146 valence electrons. The molecule has 1 saturated heterocycles. The van der Waals surface area contributed by atoms with E-state index >= 15 is 0 Å². The SMILES string of the molecule is N#C/C(=C(/O)c1cccnc1Cl)c1nnc(N2CCOCC2)n1-c1ccccc1. The molecular formula is C20H17ClN6O2. The predicted molar refractivity (Wildman–Crippen MR) is 109 cm³/mol. The number of nitriles is 1. The van der Waals surface area contributed by atoms with Gasteiger partial charge in [0.1, 0.15) is 22.6 Å². The maximum absolute atomic E-state index is 10.8. The topological polar surface area (TPSA) is 100 Å². The van der Waals surface area contributed by atoms with E-state index in [4.69, 9.17) is 16.3 Å². The Labute approximate surface area is 172 Å². The summed E-state index contributed by atoms with van der Waals surface area (Å²) in [5.74, 6) is 0.494. The lowest BCUT2D eigenvalue weighted by Crippen LogP contribution is -2.38. The first-order chi connectivity index (χ1) is 14.2. The molecule has 29 heavy (non-hydrogen) atoms. The molecule has 0 atom stereocenters. The number of hydrogen-bond acceptors (Lipinski definition) is 7. The largest absolute Gasteiger partial charge is 0.506 e. The van der Waals surface area contributed by atoms with Crippen molar-refractivity contribution in [1.29, 1.82) is 5.26 Å². The highest BCUT2D eigenvalue weighted by Gasteiger charge is 2.26. The van der Waals surface area contributed by atoms with Crippen LogP contribution in [0.5, 0.6) is 0 Å². The molecule has 0 aliphatic carbocycles. The highest BCUT2D eigenvalue weighted by molar-refractivity contribution is 6.31. The van der Waals surface area contributed by atoms with Crippen LogP contribution < -0.4 is 4.90 Å². The molecule has 3 heterocycles. The van der Waals surface area contributed by atoms with Gasteiger partial charge in [-0.1, -0.05) is 29.8 Å². The molecule has 3 aromatic rings. The second-order valence-electron chi connectivity index (χ2n) is 6.27. The van der Waals surface area contributed by atoms with E-state index in [1.807, 2.05) is 41.3 Å². The van der Waals surface area contributed by atoms with Crippen LogP contribution >= 0.6 is 11.6 Å². The van der Waals surface area contributed by atoms with Crippen molar-refractivity contribution in [2.75, 3.05) is 31.2 Å². The Balaban J connectivity index is 1.91. The summed E-state index contributed by atoms with van der Waals surface area (Å²) in [5, 5.41) is 29.3. The number of ether oxygens (including phenoxy) is 1. The van der Waals surface area contributed by atoms with Gasteiger partial charge in [-0.25, -0.2) is 4.98 Å². The third-order valence-corrected chi connectivity index (χ3v) is 4.84. The quantitative estimate of drug-likeness (QED) is 0.402. The molecule has 0 radical (unpaired) electrons. The number of pyridine rings is 1. The van der Waals surface area contributed by atoms with Crippen LogP contribution in [0.2, 0.25) is 5.15 Å². The minimum Gasteiger partial charge on any atom is -0.506 e. The lowest BCUT2D eigenvalue weighted by atomic mass is 10.1. The van der Waals surface area contributed by atoms with Crippen molar-refractivity contribution in [3.8, 4) is 11.8 Å². The lowest BCUT2D eigenvalue weighted by Gasteiger charge is -2.28. The molecule has 4 rings (SSSR count). The van der Waals surface area contributed by atoms with Crippen LogP contribution in [-0.4, -0.2) is 51.2 Å². The fourth-order valence-corrected chi connectivity index (χ4v) is 3.34. The number of aliphatic hydroxyl groups is 1. The fourth-order valence-electron chi connectivity index (χ4n) is 3.13. The van der Waals surface area contributed by atoms with E-state index < -0.39 is 0 Å². The molecule has 8 nitrogen and oxygen atoms in total. The van der Waals surface area contributed by atoms with Crippen molar-refractivity contribution < 1.29 is 9.84 Å². The van der Waals surface area contributed by atoms with Crippen LogP contribution in [0, 0.1) is 11.3 Å². The van der Waals surface area contributed by atoms with Gasteiger partial charge >= 0.3 is 0 Å². The Morgan fingerprint density at radius 3 is 2.55 bits per heavy atom. The van der Waals surface area contributed by atoms with Gasteiger partial charge in [-0.15, -0.1) is 10.2 Å². The third-order valence-electron chi connectivity index (χ3n) is 4.54. The highest BCUT2D eigenvalue weighted by Crippen LogP contribution is 2.30. The summed E-state index contributed by atoms with van der Waals surface area (Å²) in [6, 6.07) is 14.7. The second kappa shape index (κ2) is 8.31. The zero-order valence-electron chi connectivity index (χ0n) is 15.4. The average molecular weight is 409 g/mol. The highest BCUT2D eigenvalue weighted by atomic mass is 35.5. The monoisotopic (exact) mass is 408 g/mol. The molecule has 2 aromatic heterocycles.